The van der Waals surface area contributed by atoms with Crippen LogP contribution in [0.5, 0.6) is 0 Å². The van der Waals surface area contributed by atoms with E-state index in [-0.39, 0.29) is 11.7 Å². The van der Waals surface area contributed by atoms with Crippen molar-refractivity contribution < 1.29 is 9.59 Å². The number of likely N-dealkylation sites (tertiary alicyclic amines) is 1. The molecule has 1 N–H and O–H groups in total. The van der Waals surface area contributed by atoms with Crippen LogP contribution in [0, 0.1) is 11.3 Å². The molecule has 1 aliphatic heterocycles. The number of hydrogen-bond acceptors (Lipinski definition) is 4. The van der Waals surface area contributed by atoms with Crippen LogP contribution in [0.15, 0.2) is 48.7 Å². The Morgan fingerprint density at radius 2 is 1.89 bits per heavy atom. The molecular weight excluding hydrogens is 354 g/mol. The molecule has 1 aliphatic rings. The lowest BCUT2D eigenvalue weighted by molar-refractivity contribution is 0.0721. The first-order chi connectivity index (χ1) is 13.7. The van der Waals surface area contributed by atoms with Gasteiger partial charge < -0.3 is 10.2 Å². The Hall–Kier alpha value is -3.66. The van der Waals surface area contributed by atoms with E-state index in [1.54, 1.807) is 51.9 Å². The van der Waals surface area contributed by atoms with Gasteiger partial charge in [0, 0.05) is 25.0 Å². The van der Waals surface area contributed by atoms with E-state index in [1.165, 1.54) is 0 Å². The monoisotopic (exact) mass is 373 g/mol. The highest BCUT2D eigenvalue weighted by Gasteiger charge is 2.26. The van der Waals surface area contributed by atoms with E-state index in [0.29, 0.717) is 35.6 Å². The van der Waals surface area contributed by atoms with Crippen LogP contribution in [0.4, 0.5) is 5.69 Å². The number of carbonyl (C=O) groups is 2. The Bertz CT molecular complexity index is 1090. The predicted molar refractivity (Wildman–Crippen MR) is 104 cm³/mol. The third-order valence-corrected chi connectivity index (χ3v) is 4.85. The number of hydrogen-bond donors (Lipinski definition) is 1. The van der Waals surface area contributed by atoms with Crippen molar-refractivity contribution in [2.24, 2.45) is 0 Å². The summed E-state index contributed by atoms with van der Waals surface area (Å²) in [6, 6.07) is 14.1. The highest BCUT2D eigenvalue weighted by Crippen LogP contribution is 2.19. The van der Waals surface area contributed by atoms with Crippen LogP contribution in [-0.4, -0.2) is 39.2 Å². The smallest absolute Gasteiger partial charge is 0.292 e. The first kappa shape index (κ1) is 17.7. The molecule has 3 aromatic rings. The van der Waals surface area contributed by atoms with E-state index in [0.717, 1.165) is 19.3 Å². The molecule has 140 valence electrons. The summed E-state index contributed by atoms with van der Waals surface area (Å²) in [5.74, 6) is -0.443. The number of nitrogens with zero attached hydrogens (tertiary/aromatic N) is 4. The summed E-state index contributed by atoms with van der Waals surface area (Å²) < 4.78 is 1.63. The minimum Gasteiger partial charge on any atom is -0.337 e. The van der Waals surface area contributed by atoms with Crippen LogP contribution >= 0.6 is 0 Å². The van der Waals surface area contributed by atoms with Crippen molar-refractivity contribution in [2.45, 2.75) is 19.3 Å². The molecule has 28 heavy (non-hydrogen) atoms. The number of carbonyl (C=O) groups excluding carboxylic acids is 2. The van der Waals surface area contributed by atoms with E-state index >= 15 is 0 Å². The number of benzene rings is 1. The third-order valence-electron chi connectivity index (χ3n) is 4.85. The number of anilines is 1. The van der Waals surface area contributed by atoms with Crippen molar-refractivity contribution in [3.8, 4) is 6.07 Å². The van der Waals surface area contributed by atoms with Crippen LogP contribution < -0.4 is 5.32 Å². The van der Waals surface area contributed by atoms with Gasteiger partial charge in [0.2, 0.25) is 5.82 Å². The molecule has 3 heterocycles. The van der Waals surface area contributed by atoms with Gasteiger partial charge in [0.25, 0.3) is 11.8 Å². The standard InChI is InChI=1S/C21H19N5O2/c22-14-15-7-6-8-16(13-15)23-20(27)19-24-18(17-9-2-5-12-26(17)19)21(28)25-10-3-1-4-11-25/h2,5-9,12-13H,1,3-4,10-11H2,(H,23,27). The highest BCUT2D eigenvalue weighted by atomic mass is 16.2. The molecule has 1 fully saturated rings. The highest BCUT2D eigenvalue weighted by molar-refractivity contribution is 6.06. The average Bonchev–Trinajstić information content (AvgIpc) is 3.14. The molecule has 2 amide bonds. The van der Waals surface area contributed by atoms with Gasteiger partial charge in [-0.15, -0.1) is 0 Å². The van der Waals surface area contributed by atoms with Gasteiger partial charge in [-0.2, -0.15) is 5.26 Å². The number of nitriles is 1. The van der Waals surface area contributed by atoms with Gasteiger partial charge in [0.05, 0.1) is 17.1 Å². The molecule has 4 rings (SSSR count). The Morgan fingerprint density at radius 1 is 1.07 bits per heavy atom. The van der Waals surface area contributed by atoms with Crippen molar-refractivity contribution in [2.75, 3.05) is 18.4 Å². The summed E-state index contributed by atoms with van der Waals surface area (Å²) in [5.41, 5.74) is 1.85. The van der Waals surface area contributed by atoms with E-state index in [1.807, 2.05) is 12.1 Å². The molecule has 7 nitrogen and oxygen atoms in total. The molecule has 1 aromatic carbocycles. The maximum atomic E-state index is 13.0. The fourth-order valence-corrected chi connectivity index (χ4v) is 3.46. The summed E-state index contributed by atoms with van der Waals surface area (Å²) >= 11 is 0. The van der Waals surface area contributed by atoms with Crippen LogP contribution in [0.1, 0.15) is 45.9 Å². The summed E-state index contributed by atoms with van der Waals surface area (Å²) in [5, 5.41) is 11.8. The average molecular weight is 373 g/mol. The second-order valence-electron chi connectivity index (χ2n) is 6.74. The molecule has 1 saturated heterocycles. The van der Waals surface area contributed by atoms with Gasteiger partial charge in [-0.3, -0.25) is 14.0 Å². The number of nitrogens with one attached hydrogen (secondary N) is 1. The van der Waals surface area contributed by atoms with Crippen LogP contribution in [-0.2, 0) is 0 Å². The Labute approximate surface area is 162 Å². The molecule has 0 saturated carbocycles. The van der Waals surface area contributed by atoms with Crippen LogP contribution in [0.3, 0.4) is 0 Å². The van der Waals surface area contributed by atoms with E-state index in [9.17, 15) is 9.59 Å². The predicted octanol–water partition coefficient (Wildman–Crippen LogP) is 3.08. The second kappa shape index (κ2) is 7.53. The Kier molecular flexibility index (Phi) is 4.77. The quantitative estimate of drug-likeness (QED) is 0.764. The third kappa shape index (κ3) is 3.32. The van der Waals surface area contributed by atoms with Crippen LogP contribution in [0.25, 0.3) is 5.52 Å². The lowest BCUT2D eigenvalue weighted by atomic mass is 10.1. The summed E-state index contributed by atoms with van der Waals surface area (Å²) in [7, 11) is 0. The first-order valence-corrected chi connectivity index (χ1v) is 9.25. The number of imidazole rings is 1. The summed E-state index contributed by atoms with van der Waals surface area (Å²) in [6.07, 6.45) is 4.82. The fraction of sp³-hybridized carbons (Fsp3) is 0.238. The number of fused-ring (bicyclic) bond motifs is 1. The van der Waals surface area contributed by atoms with Gasteiger partial charge in [-0.25, -0.2) is 4.98 Å². The molecule has 7 heteroatoms. The largest absolute Gasteiger partial charge is 0.337 e. The number of pyridine rings is 1. The van der Waals surface area contributed by atoms with Crippen molar-refractivity contribution in [1.29, 1.82) is 5.26 Å². The number of piperidine rings is 1. The maximum absolute atomic E-state index is 13.0. The summed E-state index contributed by atoms with van der Waals surface area (Å²) in [6.45, 7) is 1.43. The minimum absolute atomic E-state index is 0.137. The van der Waals surface area contributed by atoms with Gasteiger partial charge in [-0.1, -0.05) is 12.1 Å². The van der Waals surface area contributed by atoms with E-state index in [4.69, 9.17) is 5.26 Å². The van der Waals surface area contributed by atoms with Crippen molar-refractivity contribution in [3.05, 3.63) is 65.7 Å². The van der Waals surface area contributed by atoms with Gasteiger partial charge in [0.1, 0.15) is 0 Å². The topological polar surface area (TPSA) is 90.5 Å². The van der Waals surface area contributed by atoms with Crippen molar-refractivity contribution >= 4 is 23.0 Å². The number of aromatic nitrogens is 2. The molecule has 0 unspecified atom stereocenters. The maximum Gasteiger partial charge on any atom is 0.292 e. The van der Waals surface area contributed by atoms with Gasteiger partial charge in [-0.05, 0) is 49.6 Å². The minimum atomic E-state index is -0.436. The molecule has 2 aromatic heterocycles. The Balaban J connectivity index is 1.68. The lowest BCUT2D eigenvalue weighted by Gasteiger charge is -2.25. The zero-order valence-electron chi connectivity index (χ0n) is 15.3. The van der Waals surface area contributed by atoms with Crippen molar-refractivity contribution in [1.82, 2.24) is 14.3 Å². The SMILES string of the molecule is N#Cc1cccc(NC(=O)c2nc(C(=O)N3CCCCC3)c3ccccn23)c1. The normalized spacial score (nSPS) is 13.9. The van der Waals surface area contributed by atoms with Gasteiger partial charge in [0.15, 0.2) is 5.69 Å². The number of amides is 2. The molecule has 0 atom stereocenters. The van der Waals surface area contributed by atoms with E-state index < -0.39 is 5.91 Å². The van der Waals surface area contributed by atoms with Gasteiger partial charge >= 0.3 is 0 Å². The zero-order chi connectivity index (χ0) is 19.5. The van der Waals surface area contributed by atoms with E-state index in [2.05, 4.69) is 10.3 Å². The van der Waals surface area contributed by atoms with Crippen molar-refractivity contribution in [3.63, 3.8) is 0 Å². The Morgan fingerprint density at radius 3 is 2.68 bits per heavy atom. The molecular formula is C21H19N5O2. The molecule has 0 radical (unpaired) electrons. The number of rotatable bonds is 3. The first-order valence-electron chi connectivity index (χ1n) is 9.25. The molecule has 0 bridgehead atoms. The summed E-state index contributed by atoms with van der Waals surface area (Å²) in [4.78, 5) is 32.0. The lowest BCUT2D eigenvalue weighted by Crippen LogP contribution is -2.36. The second-order valence-corrected chi connectivity index (χ2v) is 6.74. The van der Waals surface area contributed by atoms with Crippen LogP contribution in [0.2, 0.25) is 0 Å². The molecule has 0 aliphatic carbocycles. The zero-order valence-corrected chi connectivity index (χ0v) is 15.3. The fourth-order valence-electron chi connectivity index (χ4n) is 3.46. The molecule has 0 spiro atoms.